The fourth-order valence-electron chi connectivity index (χ4n) is 2.88. The zero-order valence-electron chi connectivity index (χ0n) is 14.2. The second kappa shape index (κ2) is 6.03. The van der Waals surface area contributed by atoms with E-state index in [4.69, 9.17) is 0 Å². The number of fused-ring (bicyclic) bond motifs is 1. The van der Waals surface area contributed by atoms with Crippen LogP contribution in [-0.4, -0.2) is 32.6 Å². The lowest BCUT2D eigenvalue weighted by Crippen LogP contribution is -2.26. The van der Waals surface area contributed by atoms with E-state index in [-0.39, 0.29) is 11.7 Å². The average molecular weight is 326 g/mol. The molecule has 0 radical (unpaired) electrons. The Bertz CT molecular complexity index is 915. The molecule has 0 bridgehead atoms. The van der Waals surface area contributed by atoms with E-state index in [1.165, 1.54) is 12.1 Å². The molecular formula is C18H19FN4O. The molecule has 0 aliphatic carbocycles. The van der Waals surface area contributed by atoms with Crippen molar-refractivity contribution in [2.45, 2.75) is 20.4 Å². The average Bonchev–Trinajstić information content (AvgIpc) is 2.82. The van der Waals surface area contributed by atoms with Crippen LogP contribution in [0, 0.1) is 19.7 Å². The molecule has 3 rings (SSSR count). The number of nitrogens with zero attached hydrogens (tertiary/aromatic N) is 4. The molecule has 3 aromatic rings. The summed E-state index contributed by atoms with van der Waals surface area (Å²) in [6.45, 7) is 4.13. The van der Waals surface area contributed by atoms with Gasteiger partial charge in [-0.3, -0.25) is 9.48 Å². The summed E-state index contributed by atoms with van der Waals surface area (Å²) < 4.78 is 14.7. The highest BCUT2D eigenvalue weighted by molar-refractivity contribution is 6.06. The summed E-state index contributed by atoms with van der Waals surface area (Å²) in [6.07, 6.45) is 0. The molecule has 0 saturated carbocycles. The molecular weight excluding hydrogens is 307 g/mol. The molecule has 0 saturated heterocycles. The number of aryl methyl sites for hydroxylation is 3. The van der Waals surface area contributed by atoms with Crippen LogP contribution in [0.15, 0.2) is 30.3 Å². The predicted octanol–water partition coefficient (Wildman–Crippen LogP) is 3.00. The van der Waals surface area contributed by atoms with Crippen LogP contribution in [0.25, 0.3) is 11.0 Å². The molecule has 0 aliphatic rings. The summed E-state index contributed by atoms with van der Waals surface area (Å²) in [5, 5.41) is 5.15. The van der Waals surface area contributed by atoms with Crippen LogP contribution in [-0.2, 0) is 13.6 Å². The van der Waals surface area contributed by atoms with Gasteiger partial charge in [0.25, 0.3) is 5.91 Å². The van der Waals surface area contributed by atoms with Crippen molar-refractivity contribution in [1.29, 1.82) is 0 Å². The highest BCUT2D eigenvalue weighted by Gasteiger charge is 2.20. The Morgan fingerprint density at radius 2 is 1.92 bits per heavy atom. The number of aromatic nitrogens is 3. The van der Waals surface area contributed by atoms with Crippen molar-refractivity contribution in [3.05, 3.63) is 58.7 Å². The first-order valence-electron chi connectivity index (χ1n) is 7.67. The Morgan fingerprint density at radius 1 is 1.25 bits per heavy atom. The van der Waals surface area contributed by atoms with E-state index in [0.29, 0.717) is 17.8 Å². The van der Waals surface area contributed by atoms with Crippen molar-refractivity contribution >= 4 is 16.9 Å². The first-order chi connectivity index (χ1) is 11.4. The molecule has 1 amide bonds. The van der Waals surface area contributed by atoms with Gasteiger partial charge in [-0.05, 0) is 37.6 Å². The van der Waals surface area contributed by atoms with Crippen molar-refractivity contribution in [3.63, 3.8) is 0 Å². The lowest BCUT2D eigenvalue weighted by molar-refractivity contribution is 0.0787. The summed E-state index contributed by atoms with van der Waals surface area (Å²) in [7, 11) is 3.55. The van der Waals surface area contributed by atoms with Crippen molar-refractivity contribution in [1.82, 2.24) is 19.7 Å². The summed E-state index contributed by atoms with van der Waals surface area (Å²) in [4.78, 5) is 19.0. The molecule has 0 fully saturated rings. The number of carbonyl (C=O) groups excluding carboxylic acids is 1. The summed E-state index contributed by atoms with van der Waals surface area (Å²) in [5.74, 6) is -0.392. The number of pyridine rings is 1. The van der Waals surface area contributed by atoms with Crippen LogP contribution < -0.4 is 0 Å². The third-order valence-electron chi connectivity index (χ3n) is 4.01. The first-order valence-corrected chi connectivity index (χ1v) is 7.67. The molecule has 0 unspecified atom stereocenters. The lowest BCUT2D eigenvalue weighted by atomic mass is 10.1. The number of hydrogen-bond acceptors (Lipinski definition) is 3. The maximum atomic E-state index is 13.0. The highest BCUT2D eigenvalue weighted by atomic mass is 19.1. The third kappa shape index (κ3) is 2.87. The Labute approximate surface area is 139 Å². The number of rotatable bonds is 3. The molecule has 2 heterocycles. The number of carbonyl (C=O) groups is 1. The Kier molecular flexibility index (Phi) is 4.05. The van der Waals surface area contributed by atoms with E-state index >= 15 is 0 Å². The van der Waals surface area contributed by atoms with Gasteiger partial charge in [0.2, 0.25) is 0 Å². The van der Waals surface area contributed by atoms with E-state index in [0.717, 1.165) is 22.3 Å². The Hall–Kier alpha value is -2.76. The van der Waals surface area contributed by atoms with Crippen LogP contribution in [0.1, 0.15) is 27.3 Å². The van der Waals surface area contributed by atoms with E-state index in [2.05, 4.69) is 10.1 Å². The maximum absolute atomic E-state index is 13.0. The molecule has 6 heteroatoms. The fourth-order valence-corrected chi connectivity index (χ4v) is 2.88. The Balaban J connectivity index is 1.97. The second-order valence-corrected chi connectivity index (χ2v) is 6.01. The van der Waals surface area contributed by atoms with Crippen molar-refractivity contribution in [3.8, 4) is 0 Å². The quantitative estimate of drug-likeness (QED) is 0.743. The van der Waals surface area contributed by atoms with Crippen LogP contribution in [0.5, 0.6) is 0 Å². The van der Waals surface area contributed by atoms with Gasteiger partial charge in [0, 0.05) is 26.3 Å². The SMILES string of the molecule is Cc1cc(C(=O)N(C)Cc2ccc(F)cc2)c2c(C)nn(C)c2n1. The molecule has 0 atom stereocenters. The van der Waals surface area contributed by atoms with Gasteiger partial charge >= 0.3 is 0 Å². The third-order valence-corrected chi connectivity index (χ3v) is 4.01. The number of hydrogen-bond donors (Lipinski definition) is 0. The van der Waals surface area contributed by atoms with Crippen LogP contribution in [0.4, 0.5) is 4.39 Å². The molecule has 0 aliphatic heterocycles. The molecule has 0 N–H and O–H groups in total. The van der Waals surface area contributed by atoms with Gasteiger partial charge in [0.1, 0.15) is 5.82 Å². The minimum atomic E-state index is -0.287. The van der Waals surface area contributed by atoms with Gasteiger partial charge in [-0.1, -0.05) is 12.1 Å². The maximum Gasteiger partial charge on any atom is 0.254 e. The largest absolute Gasteiger partial charge is 0.337 e. The smallest absolute Gasteiger partial charge is 0.254 e. The number of amides is 1. The zero-order valence-corrected chi connectivity index (χ0v) is 14.2. The summed E-state index contributed by atoms with van der Waals surface area (Å²) >= 11 is 0. The lowest BCUT2D eigenvalue weighted by Gasteiger charge is -2.18. The standard InChI is InChI=1S/C18H19FN4O/c1-11-9-15(16-12(2)21-23(4)17(16)20-11)18(24)22(3)10-13-5-7-14(19)8-6-13/h5-9H,10H2,1-4H3. The molecule has 0 spiro atoms. The van der Waals surface area contributed by atoms with Crippen molar-refractivity contribution in [2.24, 2.45) is 7.05 Å². The summed E-state index contributed by atoms with van der Waals surface area (Å²) in [6, 6.07) is 7.95. The summed E-state index contributed by atoms with van der Waals surface area (Å²) in [5.41, 5.74) is 3.71. The van der Waals surface area contributed by atoms with E-state index in [1.54, 1.807) is 34.8 Å². The predicted molar refractivity (Wildman–Crippen MR) is 90.2 cm³/mol. The van der Waals surface area contributed by atoms with Crippen LogP contribution in [0.3, 0.4) is 0 Å². The molecule has 124 valence electrons. The first kappa shape index (κ1) is 16.1. The van der Waals surface area contributed by atoms with Gasteiger partial charge < -0.3 is 4.90 Å². The normalized spacial score (nSPS) is 11.0. The van der Waals surface area contributed by atoms with Gasteiger partial charge in [-0.25, -0.2) is 9.37 Å². The Morgan fingerprint density at radius 3 is 2.58 bits per heavy atom. The highest BCUT2D eigenvalue weighted by Crippen LogP contribution is 2.23. The molecule has 2 aromatic heterocycles. The molecule has 24 heavy (non-hydrogen) atoms. The van der Waals surface area contributed by atoms with Crippen molar-refractivity contribution < 1.29 is 9.18 Å². The van der Waals surface area contributed by atoms with E-state index in [9.17, 15) is 9.18 Å². The zero-order chi connectivity index (χ0) is 17.4. The number of benzene rings is 1. The van der Waals surface area contributed by atoms with Gasteiger partial charge in [0.05, 0.1) is 16.6 Å². The van der Waals surface area contributed by atoms with Crippen LogP contribution >= 0.6 is 0 Å². The van der Waals surface area contributed by atoms with Gasteiger partial charge in [-0.15, -0.1) is 0 Å². The van der Waals surface area contributed by atoms with E-state index < -0.39 is 0 Å². The van der Waals surface area contributed by atoms with Crippen molar-refractivity contribution in [2.75, 3.05) is 7.05 Å². The molecule has 1 aromatic carbocycles. The minimum Gasteiger partial charge on any atom is -0.337 e. The van der Waals surface area contributed by atoms with Gasteiger partial charge in [0.15, 0.2) is 5.65 Å². The second-order valence-electron chi connectivity index (χ2n) is 6.01. The monoisotopic (exact) mass is 326 g/mol. The van der Waals surface area contributed by atoms with E-state index in [1.807, 2.05) is 20.9 Å². The fraction of sp³-hybridized carbons (Fsp3) is 0.278. The topological polar surface area (TPSA) is 51.0 Å². The minimum absolute atomic E-state index is 0.106. The molecule has 5 nitrogen and oxygen atoms in total. The van der Waals surface area contributed by atoms with Gasteiger partial charge in [-0.2, -0.15) is 5.10 Å². The number of halogens is 1. The van der Waals surface area contributed by atoms with Crippen LogP contribution in [0.2, 0.25) is 0 Å².